The number of hydrogen-bond donors (Lipinski definition) is 0. The van der Waals surface area contributed by atoms with E-state index in [1.165, 1.54) is 83.5 Å². The Morgan fingerprint density at radius 1 is 0.571 bits per heavy atom. The third-order valence-electron chi connectivity index (χ3n) is 11.1. The molecule has 5 heteroatoms. The van der Waals surface area contributed by atoms with Crippen molar-refractivity contribution in [1.29, 1.82) is 0 Å². The summed E-state index contributed by atoms with van der Waals surface area (Å²) in [4.78, 5) is 0. The van der Waals surface area contributed by atoms with Crippen LogP contribution in [0.3, 0.4) is 0 Å². The molecule has 250 valence electrons. The Hall–Kier alpha value is -2.68. The van der Waals surface area contributed by atoms with Crippen LogP contribution in [-0.4, -0.2) is 5.43 Å². The van der Waals surface area contributed by atoms with E-state index in [0.29, 0.717) is 0 Å². The van der Waals surface area contributed by atoms with Gasteiger partial charge >= 0.3 is 303 Å². The normalized spacial score (nSPS) is 17.2. The fourth-order valence-electron chi connectivity index (χ4n) is 9.09. The molecule has 0 aliphatic heterocycles. The maximum absolute atomic E-state index is 8.72. The van der Waals surface area contributed by atoms with Gasteiger partial charge in [-0.1, -0.05) is 0 Å². The molecule has 2 aliphatic carbocycles. The maximum atomic E-state index is 8.72. The van der Waals surface area contributed by atoms with Crippen molar-refractivity contribution in [2.75, 3.05) is 0 Å². The zero-order chi connectivity index (χ0) is 35.2. The van der Waals surface area contributed by atoms with E-state index >= 15 is 0 Å². The van der Waals surface area contributed by atoms with Gasteiger partial charge in [0.1, 0.15) is 0 Å². The minimum absolute atomic E-state index is 0.0182. The van der Waals surface area contributed by atoms with Gasteiger partial charge in [-0.2, -0.15) is 0 Å². The van der Waals surface area contributed by atoms with Crippen LogP contribution in [0.4, 0.5) is 0 Å². The third kappa shape index (κ3) is 5.50. The van der Waals surface area contributed by atoms with E-state index in [9.17, 15) is 0 Å². The quantitative estimate of drug-likeness (QED) is 0.162. The Morgan fingerprint density at radius 2 is 1.04 bits per heavy atom. The van der Waals surface area contributed by atoms with Crippen LogP contribution < -0.4 is 0 Å². The summed E-state index contributed by atoms with van der Waals surface area (Å²) in [7, 11) is 17.4. The molecule has 0 bridgehead atoms. The molecule has 4 aromatic carbocycles. The number of benzene rings is 4. The number of aryl methyl sites for hydroxylation is 7. The number of hydrogen-bond acceptors (Lipinski definition) is 1. The SMILES string of the molecule is CC1=Cc2c(ccc(C)c2-c2cc(C)cc(C)c2)[CH]1[Zr]([Cl])([Cl])([CH]1C(c2ccc(C)o2)=Cc2c1ccc(C)c2-c1cc(C)cc(C)c1)=[Si](C)C. The van der Waals surface area contributed by atoms with Gasteiger partial charge in [0.15, 0.2) is 0 Å². The van der Waals surface area contributed by atoms with Gasteiger partial charge in [-0.3, -0.25) is 0 Å². The zero-order valence-electron chi connectivity index (χ0n) is 30.4. The summed E-state index contributed by atoms with van der Waals surface area (Å²) in [6, 6.07) is 27.2. The molecule has 2 aliphatic rings. The molecule has 5 aromatic rings. The summed E-state index contributed by atoms with van der Waals surface area (Å²) < 4.78 is 6.34. The Balaban J connectivity index is 1.53. The molecule has 7 rings (SSSR count). The van der Waals surface area contributed by atoms with Crippen LogP contribution in [0.5, 0.6) is 0 Å². The van der Waals surface area contributed by atoms with Crippen molar-refractivity contribution in [1.82, 2.24) is 0 Å². The van der Waals surface area contributed by atoms with Gasteiger partial charge in [0.05, 0.1) is 0 Å². The first-order valence-corrected chi connectivity index (χ1v) is 32.7. The number of fused-ring (bicyclic) bond motifs is 2. The van der Waals surface area contributed by atoms with Crippen molar-refractivity contribution in [3.63, 3.8) is 0 Å². The number of furan rings is 1. The molecule has 2 unspecified atom stereocenters. The molecule has 0 fully saturated rings. The Labute approximate surface area is 300 Å². The summed E-state index contributed by atoms with van der Waals surface area (Å²) in [5, 5.41) is 0. The fourth-order valence-corrected chi connectivity index (χ4v) is 38.1. The molecule has 0 saturated carbocycles. The van der Waals surface area contributed by atoms with Gasteiger partial charge in [-0.05, 0) is 0 Å². The van der Waals surface area contributed by atoms with Crippen LogP contribution in [0.15, 0.2) is 82.8 Å². The van der Waals surface area contributed by atoms with E-state index < -0.39 is 20.4 Å². The summed E-state index contributed by atoms with van der Waals surface area (Å²) in [6.07, 6.45) is 4.79. The van der Waals surface area contributed by atoms with Gasteiger partial charge in [0, 0.05) is 0 Å². The van der Waals surface area contributed by atoms with Gasteiger partial charge < -0.3 is 0 Å². The van der Waals surface area contributed by atoms with Crippen molar-refractivity contribution in [2.24, 2.45) is 0 Å². The second-order valence-electron chi connectivity index (χ2n) is 15.2. The molecule has 2 atom stereocenters. The van der Waals surface area contributed by atoms with E-state index in [0.717, 1.165) is 17.1 Å². The van der Waals surface area contributed by atoms with E-state index in [1.807, 2.05) is 6.92 Å². The zero-order valence-corrected chi connectivity index (χ0v) is 35.4. The van der Waals surface area contributed by atoms with Crippen LogP contribution in [0, 0.1) is 48.5 Å². The van der Waals surface area contributed by atoms with Crippen LogP contribution >= 0.6 is 17.0 Å². The standard InChI is InChI=1S/C23H21O.C19H19.C2H6Si.2ClH.Zr/c1-14-9-15(2)11-20(10-14)23-16(3)5-7-18-12-19(13-21(18)23)22-8-6-17(4)24-22;1-12-7-13(2)10-17(9-12)19-15(4)5-6-16-8-14(3)11-18(16)19;1-3-2;;;/h5-13H,1-4H3;5-11H,1-4H3;1-2H3;2*1H;/q;;;;;+2/p-2. The van der Waals surface area contributed by atoms with Crippen molar-refractivity contribution in [3.05, 3.63) is 146 Å². The summed E-state index contributed by atoms with van der Waals surface area (Å²) >= 11 is -5.07. The molecule has 49 heavy (non-hydrogen) atoms. The number of rotatable bonds is 5. The predicted octanol–water partition coefficient (Wildman–Crippen LogP) is 13.8. The second-order valence-corrected chi connectivity index (χ2v) is 54.0. The molecule has 0 amide bonds. The number of allylic oxidation sites excluding steroid dienone is 2. The molecule has 1 nitrogen and oxygen atoms in total. The van der Waals surface area contributed by atoms with Crippen LogP contribution in [0.2, 0.25) is 13.1 Å². The van der Waals surface area contributed by atoms with Crippen LogP contribution in [0.25, 0.3) is 40.0 Å². The molecule has 0 N–H and O–H groups in total. The van der Waals surface area contributed by atoms with E-state index in [2.05, 4.69) is 147 Å². The average molecular weight is 781 g/mol. The fraction of sp³-hybridized carbons (Fsp3) is 0.273. The van der Waals surface area contributed by atoms with Gasteiger partial charge in [-0.25, -0.2) is 0 Å². The summed E-state index contributed by atoms with van der Waals surface area (Å²) in [5.74, 6) is 1.77. The third-order valence-corrected chi connectivity index (χ3v) is 57.7. The predicted molar refractivity (Wildman–Crippen MR) is 212 cm³/mol. The topological polar surface area (TPSA) is 13.1 Å². The molecule has 1 heterocycles. The molecular weight excluding hydrogens is 735 g/mol. The first-order chi connectivity index (χ1) is 23.1. The molecule has 0 spiro atoms. The first kappa shape index (κ1) is 34.8. The van der Waals surface area contributed by atoms with E-state index in [-0.39, 0.29) is 7.25 Å². The molecule has 1 aromatic heterocycles. The summed E-state index contributed by atoms with van der Waals surface area (Å²) in [6.45, 7) is 22.2. The van der Waals surface area contributed by atoms with Gasteiger partial charge in [0.2, 0.25) is 0 Å². The average Bonchev–Trinajstić information content (AvgIpc) is 3.70. The molecule has 0 radical (unpaired) electrons. The Kier molecular flexibility index (Phi) is 8.67. The number of halogens is 2. The minimum atomic E-state index is -5.07. The monoisotopic (exact) mass is 778 g/mol. The molecular formula is C44H46Cl2OSiZr. The molecule has 0 saturated heterocycles. The Bertz CT molecular complexity index is 2320. The van der Waals surface area contributed by atoms with E-state index in [1.54, 1.807) is 0 Å². The van der Waals surface area contributed by atoms with Crippen molar-refractivity contribution < 1.29 is 19.4 Å². The first-order valence-electron chi connectivity index (χ1n) is 17.4. The van der Waals surface area contributed by atoms with Gasteiger partial charge in [0.25, 0.3) is 0 Å². The summed E-state index contributed by atoms with van der Waals surface area (Å²) in [5.41, 5.74) is 18.9. The van der Waals surface area contributed by atoms with Crippen molar-refractivity contribution in [2.45, 2.75) is 75.7 Å². The second kappa shape index (κ2) is 12.2. The van der Waals surface area contributed by atoms with Gasteiger partial charge in [-0.15, -0.1) is 0 Å². The van der Waals surface area contributed by atoms with Crippen LogP contribution in [0.1, 0.15) is 81.3 Å². The Morgan fingerprint density at radius 3 is 1.49 bits per heavy atom. The van der Waals surface area contributed by atoms with Crippen molar-refractivity contribution in [3.8, 4) is 22.3 Å². The van der Waals surface area contributed by atoms with Crippen molar-refractivity contribution >= 4 is 40.2 Å². The van der Waals surface area contributed by atoms with E-state index in [4.69, 9.17) is 21.4 Å². The van der Waals surface area contributed by atoms with Crippen LogP contribution in [-0.2, 0) is 15.0 Å².